The van der Waals surface area contributed by atoms with Crippen LogP contribution < -0.4 is 14.2 Å². The van der Waals surface area contributed by atoms with E-state index in [1.165, 1.54) is 0 Å². The van der Waals surface area contributed by atoms with Crippen molar-refractivity contribution in [1.29, 1.82) is 0 Å². The second-order valence-corrected chi connectivity index (χ2v) is 6.64. The average molecular weight is 376 g/mol. The number of carbonyl (C=O) groups excluding carboxylic acids is 1. The summed E-state index contributed by atoms with van der Waals surface area (Å²) in [4.78, 5) is 14.9. The third-order valence-electron chi connectivity index (χ3n) is 4.40. The Morgan fingerprint density at radius 3 is 2.23 bits per heavy atom. The molecular weight excluding hydrogens is 354 g/mol. The van der Waals surface area contributed by atoms with Gasteiger partial charge in [-0.2, -0.15) is 0 Å². The van der Waals surface area contributed by atoms with Crippen LogP contribution in [0.5, 0.6) is 17.2 Å². The molecule has 1 saturated carbocycles. The molecular formula is C20H22ClNO4. The van der Waals surface area contributed by atoms with Crippen molar-refractivity contribution in [3.05, 3.63) is 52.5 Å². The second kappa shape index (κ2) is 7.87. The third kappa shape index (κ3) is 3.88. The van der Waals surface area contributed by atoms with Crippen molar-refractivity contribution < 1.29 is 19.0 Å². The largest absolute Gasteiger partial charge is 0.493 e. The molecule has 1 aliphatic rings. The van der Waals surface area contributed by atoms with Gasteiger partial charge in [-0.05, 0) is 48.7 Å². The van der Waals surface area contributed by atoms with Crippen LogP contribution in [0.25, 0.3) is 0 Å². The molecule has 138 valence electrons. The number of carbonyl (C=O) groups is 1. The fourth-order valence-corrected chi connectivity index (χ4v) is 3.15. The lowest BCUT2D eigenvalue weighted by Crippen LogP contribution is -2.32. The minimum absolute atomic E-state index is 0.0243. The van der Waals surface area contributed by atoms with E-state index in [0.717, 1.165) is 18.4 Å². The molecule has 1 amide bonds. The Labute approximate surface area is 158 Å². The van der Waals surface area contributed by atoms with Gasteiger partial charge < -0.3 is 19.1 Å². The molecule has 6 heteroatoms. The molecule has 0 bridgehead atoms. The van der Waals surface area contributed by atoms with Crippen LogP contribution in [-0.4, -0.2) is 38.2 Å². The number of halogens is 1. The van der Waals surface area contributed by atoms with Gasteiger partial charge in [0.05, 0.1) is 21.3 Å². The molecule has 0 heterocycles. The molecule has 0 aromatic heterocycles. The number of ether oxygens (including phenoxy) is 3. The molecule has 1 fully saturated rings. The van der Waals surface area contributed by atoms with Gasteiger partial charge in [-0.25, -0.2) is 0 Å². The quantitative estimate of drug-likeness (QED) is 0.728. The highest BCUT2D eigenvalue weighted by Gasteiger charge is 2.33. The van der Waals surface area contributed by atoms with Gasteiger partial charge >= 0.3 is 0 Å². The van der Waals surface area contributed by atoms with Gasteiger partial charge in [0.15, 0.2) is 11.5 Å². The van der Waals surface area contributed by atoms with E-state index in [1.807, 2.05) is 17.0 Å². The van der Waals surface area contributed by atoms with E-state index in [1.54, 1.807) is 45.6 Å². The smallest absolute Gasteiger partial charge is 0.254 e. The van der Waals surface area contributed by atoms with E-state index in [4.69, 9.17) is 25.8 Å². The lowest BCUT2D eigenvalue weighted by molar-refractivity contribution is 0.0729. The molecule has 0 spiro atoms. The van der Waals surface area contributed by atoms with Gasteiger partial charge in [0.25, 0.3) is 5.91 Å². The summed E-state index contributed by atoms with van der Waals surface area (Å²) < 4.78 is 16.2. The van der Waals surface area contributed by atoms with E-state index < -0.39 is 0 Å². The highest BCUT2D eigenvalue weighted by atomic mass is 35.5. The van der Waals surface area contributed by atoms with Gasteiger partial charge in [-0.15, -0.1) is 0 Å². The standard InChI is InChI=1S/C20H22ClNO4/c1-24-17-9-13(10-18(25-2)19(17)26-3)12-22(16-7-8-16)20(23)14-5-4-6-15(21)11-14/h4-6,9-11,16H,7-8,12H2,1-3H3. The van der Waals surface area contributed by atoms with Crippen LogP contribution in [-0.2, 0) is 6.54 Å². The molecule has 0 radical (unpaired) electrons. The van der Waals surface area contributed by atoms with E-state index in [2.05, 4.69) is 0 Å². The van der Waals surface area contributed by atoms with E-state index in [9.17, 15) is 4.79 Å². The first-order chi connectivity index (χ1) is 12.6. The van der Waals surface area contributed by atoms with Gasteiger partial charge in [-0.1, -0.05) is 17.7 Å². The number of rotatable bonds is 7. The van der Waals surface area contributed by atoms with Gasteiger partial charge in [-0.3, -0.25) is 4.79 Å². The molecule has 0 N–H and O–H groups in total. The zero-order chi connectivity index (χ0) is 18.7. The number of amides is 1. The fourth-order valence-electron chi connectivity index (χ4n) is 2.96. The maximum atomic E-state index is 13.0. The van der Waals surface area contributed by atoms with Crippen LogP contribution >= 0.6 is 11.6 Å². The molecule has 0 saturated heterocycles. The van der Waals surface area contributed by atoms with Crippen LogP contribution in [0.15, 0.2) is 36.4 Å². The van der Waals surface area contributed by atoms with Crippen LogP contribution in [0.1, 0.15) is 28.8 Å². The molecule has 0 unspecified atom stereocenters. The second-order valence-electron chi connectivity index (χ2n) is 6.21. The maximum Gasteiger partial charge on any atom is 0.254 e. The Morgan fingerprint density at radius 1 is 1.08 bits per heavy atom. The zero-order valence-corrected chi connectivity index (χ0v) is 15.9. The van der Waals surface area contributed by atoms with Gasteiger partial charge in [0.2, 0.25) is 5.75 Å². The molecule has 26 heavy (non-hydrogen) atoms. The van der Waals surface area contributed by atoms with Crippen LogP contribution in [0.4, 0.5) is 0 Å². The minimum atomic E-state index is -0.0243. The third-order valence-corrected chi connectivity index (χ3v) is 4.63. The van der Waals surface area contributed by atoms with Crippen LogP contribution in [0, 0.1) is 0 Å². The first-order valence-electron chi connectivity index (χ1n) is 8.42. The predicted molar refractivity (Wildman–Crippen MR) is 100 cm³/mol. The molecule has 2 aromatic carbocycles. The van der Waals surface area contributed by atoms with Crippen molar-refractivity contribution in [2.75, 3.05) is 21.3 Å². The lowest BCUT2D eigenvalue weighted by Gasteiger charge is -2.24. The Balaban J connectivity index is 1.90. The molecule has 5 nitrogen and oxygen atoms in total. The number of methoxy groups -OCH3 is 3. The summed E-state index contributed by atoms with van der Waals surface area (Å²) in [5.41, 5.74) is 1.51. The summed E-state index contributed by atoms with van der Waals surface area (Å²) >= 11 is 6.04. The molecule has 3 rings (SSSR count). The number of nitrogens with zero attached hydrogens (tertiary/aromatic N) is 1. The Kier molecular flexibility index (Phi) is 5.57. The minimum Gasteiger partial charge on any atom is -0.493 e. The van der Waals surface area contributed by atoms with Crippen LogP contribution in [0.2, 0.25) is 5.02 Å². The van der Waals surface area contributed by atoms with Gasteiger partial charge in [0.1, 0.15) is 0 Å². The van der Waals surface area contributed by atoms with Crippen molar-refractivity contribution in [2.24, 2.45) is 0 Å². The predicted octanol–water partition coefficient (Wildman–Crippen LogP) is 4.17. The van der Waals surface area contributed by atoms with Gasteiger partial charge in [0, 0.05) is 23.2 Å². The first kappa shape index (κ1) is 18.4. The maximum absolute atomic E-state index is 13.0. The lowest BCUT2D eigenvalue weighted by atomic mass is 10.1. The Morgan fingerprint density at radius 2 is 1.73 bits per heavy atom. The molecule has 0 atom stereocenters. The summed E-state index contributed by atoms with van der Waals surface area (Å²) in [6.07, 6.45) is 2.02. The highest BCUT2D eigenvalue weighted by molar-refractivity contribution is 6.30. The summed E-state index contributed by atoms with van der Waals surface area (Å²) in [5.74, 6) is 1.67. The zero-order valence-electron chi connectivity index (χ0n) is 15.1. The number of hydrogen-bond acceptors (Lipinski definition) is 4. The summed E-state index contributed by atoms with van der Waals surface area (Å²) in [5, 5.41) is 0.555. The number of hydrogen-bond donors (Lipinski definition) is 0. The van der Waals surface area contributed by atoms with E-state index in [0.29, 0.717) is 34.4 Å². The Bertz CT molecular complexity index is 779. The fraction of sp³-hybridized carbons (Fsp3) is 0.350. The number of benzene rings is 2. The SMILES string of the molecule is COc1cc(CN(C(=O)c2cccc(Cl)c2)C2CC2)cc(OC)c1OC. The average Bonchev–Trinajstić information content (AvgIpc) is 3.49. The van der Waals surface area contributed by atoms with Crippen molar-refractivity contribution in [3.8, 4) is 17.2 Å². The molecule has 2 aromatic rings. The topological polar surface area (TPSA) is 48.0 Å². The Hall–Kier alpha value is -2.40. The van der Waals surface area contributed by atoms with Crippen molar-refractivity contribution in [2.45, 2.75) is 25.4 Å². The van der Waals surface area contributed by atoms with Crippen LogP contribution in [0.3, 0.4) is 0 Å². The first-order valence-corrected chi connectivity index (χ1v) is 8.80. The summed E-state index contributed by atoms with van der Waals surface area (Å²) in [6, 6.07) is 11.1. The molecule has 1 aliphatic carbocycles. The highest BCUT2D eigenvalue weighted by Crippen LogP contribution is 2.39. The van der Waals surface area contributed by atoms with Crippen molar-refractivity contribution in [3.63, 3.8) is 0 Å². The summed E-state index contributed by atoms with van der Waals surface area (Å²) in [7, 11) is 4.73. The normalized spacial score (nSPS) is 13.2. The van der Waals surface area contributed by atoms with E-state index in [-0.39, 0.29) is 11.9 Å². The van der Waals surface area contributed by atoms with Crippen molar-refractivity contribution >= 4 is 17.5 Å². The summed E-state index contributed by atoms with van der Waals surface area (Å²) in [6.45, 7) is 0.465. The molecule has 0 aliphatic heterocycles. The van der Waals surface area contributed by atoms with E-state index >= 15 is 0 Å². The monoisotopic (exact) mass is 375 g/mol. The van der Waals surface area contributed by atoms with Crippen molar-refractivity contribution in [1.82, 2.24) is 4.90 Å².